The van der Waals surface area contributed by atoms with E-state index >= 15 is 0 Å². The highest BCUT2D eigenvalue weighted by atomic mass is 16.4. The molecule has 0 aliphatic heterocycles. The standard InChI is InChI=1S/C15H19NO3/c1-15(2)9-12(15)13(17)16-7-6-10-4-3-5-11(8-10)14(18)19/h3-5,8,12H,6-7,9H2,1-2H3,(H,16,17)(H,18,19). The summed E-state index contributed by atoms with van der Waals surface area (Å²) < 4.78 is 0. The normalized spacial score (nSPS) is 19.8. The number of amides is 1. The molecule has 1 aliphatic carbocycles. The summed E-state index contributed by atoms with van der Waals surface area (Å²) in [6.45, 7) is 4.73. The third-order valence-corrected chi connectivity index (χ3v) is 3.72. The summed E-state index contributed by atoms with van der Waals surface area (Å²) in [5, 5.41) is 11.8. The molecule has 2 N–H and O–H groups in total. The molecule has 1 aliphatic rings. The SMILES string of the molecule is CC1(C)CC1C(=O)NCCc1cccc(C(=O)O)c1. The first-order valence-corrected chi connectivity index (χ1v) is 6.50. The first kappa shape index (κ1) is 13.6. The quantitative estimate of drug-likeness (QED) is 0.853. The zero-order chi connectivity index (χ0) is 14.0. The minimum Gasteiger partial charge on any atom is -0.478 e. The van der Waals surface area contributed by atoms with Crippen LogP contribution in [0.3, 0.4) is 0 Å². The fourth-order valence-electron chi connectivity index (χ4n) is 2.23. The number of hydrogen-bond donors (Lipinski definition) is 2. The van der Waals surface area contributed by atoms with Crippen molar-refractivity contribution < 1.29 is 14.7 Å². The van der Waals surface area contributed by atoms with Crippen molar-refractivity contribution in [3.63, 3.8) is 0 Å². The molecular formula is C15H19NO3. The van der Waals surface area contributed by atoms with Gasteiger partial charge in [0.15, 0.2) is 0 Å². The number of carboxylic acid groups (broad SMARTS) is 1. The number of nitrogens with one attached hydrogen (secondary N) is 1. The molecule has 1 unspecified atom stereocenters. The molecule has 1 saturated carbocycles. The van der Waals surface area contributed by atoms with Crippen LogP contribution in [0.1, 0.15) is 36.2 Å². The van der Waals surface area contributed by atoms with E-state index in [1.165, 1.54) is 0 Å². The molecule has 0 bridgehead atoms. The van der Waals surface area contributed by atoms with Crippen LogP contribution in [0.15, 0.2) is 24.3 Å². The molecule has 102 valence electrons. The fourth-order valence-corrected chi connectivity index (χ4v) is 2.23. The number of rotatable bonds is 5. The molecule has 19 heavy (non-hydrogen) atoms. The van der Waals surface area contributed by atoms with Gasteiger partial charge in [-0.25, -0.2) is 4.79 Å². The van der Waals surface area contributed by atoms with Crippen molar-refractivity contribution in [3.05, 3.63) is 35.4 Å². The number of hydrogen-bond acceptors (Lipinski definition) is 2. The zero-order valence-corrected chi connectivity index (χ0v) is 11.3. The Bertz CT molecular complexity index is 508. The van der Waals surface area contributed by atoms with Gasteiger partial charge < -0.3 is 10.4 Å². The Hall–Kier alpha value is -1.84. The van der Waals surface area contributed by atoms with Gasteiger partial charge in [0, 0.05) is 12.5 Å². The Kier molecular flexibility index (Phi) is 3.60. The molecule has 1 amide bonds. The van der Waals surface area contributed by atoms with Gasteiger partial charge in [0.05, 0.1) is 5.56 Å². The monoisotopic (exact) mass is 261 g/mol. The second kappa shape index (κ2) is 5.03. The van der Waals surface area contributed by atoms with Crippen LogP contribution >= 0.6 is 0 Å². The molecule has 4 heteroatoms. The summed E-state index contributed by atoms with van der Waals surface area (Å²) >= 11 is 0. The van der Waals surface area contributed by atoms with Crippen molar-refractivity contribution >= 4 is 11.9 Å². The fraction of sp³-hybridized carbons (Fsp3) is 0.467. The first-order chi connectivity index (χ1) is 8.90. The molecule has 1 fully saturated rings. The minimum atomic E-state index is -0.925. The Morgan fingerprint density at radius 1 is 1.42 bits per heavy atom. The van der Waals surface area contributed by atoms with E-state index in [-0.39, 0.29) is 22.8 Å². The van der Waals surface area contributed by atoms with E-state index in [2.05, 4.69) is 19.2 Å². The number of carbonyl (C=O) groups is 2. The van der Waals surface area contributed by atoms with Crippen molar-refractivity contribution in [3.8, 4) is 0 Å². The van der Waals surface area contributed by atoms with Gasteiger partial charge in [0.25, 0.3) is 0 Å². The Balaban J connectivity index is 1.81. The highest BCUT2D eigenvalue weighted by Crippen LogP contribution is 2.51. The van der Waals surface area contributed by atoms with Gasteiger partial charge in [0.2, 0.25) is 5.91 Å². The van der Waals surface area contributed by atoms with E-state index in [0.717, 1.165) is 12.0 Å². The van der Waals surface area contributed by atoms with E-state index < -0.39 is 5.97 Å². The molecule has 4 nitrogen and oxygen atoms in total. The molecular weight excluding hydrogens is 242 g/mol. The highest BCUT2D eigenvalue weighted by molar-refractivity contribution is 5.87. The van der Waals surface area contributed by atoms with Gasteiger partial charge in [-0.05, 0) is 36.0 Å². The van der Waals surface area contributed by atoms with Crippen molar-refractivity contribution in [1.82, 2.24) is 5.32 Å². The number of carbonyl (C=O) groups excluding carboxylic acids is 1. The van der Waals surface area contributed by atoms with Crippen LogP contribution in [-0.2, 0) is 11.2 Å². The Morgan fingerprint density at radius 2 is 2.11 bits per heavy atom. The van der Waals surface area contributed by atoms with E-state index in [1.54, 1.807) is 18.2 Å². The van der Waals surface area contributed by atoms with Crippen LogP contribution in [-0.4, -0.2) is 23.5 Å². The van der Waals surface area contributed by atoms with E-state index in [0.29, 0.717) is 13.0 Å². The maximum Gasteiger partial charge on any atom is 0.335 e. The molecule has 0 saturated heterocycles. The summed E-state index contributed by atoms with van der Waals surface area (Å²) in [6, 6.07) is 6.82. The van der Waals surface area contributed by atoms with Gasteiger partial charge in [-0.3, -0.25) is 4.79 Å². The summed E-state index contributed by atoms with van der Waals surface area (Å²) in [5.74, 6) is -0.678. The largest absolute Gasteiger partial charge is 0.478 e. The van der Waals surface area contributed by atoms with Crippen molar-refractivity contribution in [2.45, 2.75) is 26.7 Å². The lowest BCUT2D eigenvalue weighted by atomic mass is 10.1. The number of carboxylic acids is 1. The predicted octanol–water partition coefficient (Wildman–Crippen LogP) is 2.09. The summed E-state index contributed by atoms with van der Waals surface area (Å²) in [4.78, 5) is 22.6. The average molecular weight is 261 g/mol. The number of aromatic carboxylic acids is 1. The Morgan fingerprint density at radius 3 is 2.68 bits per heavy atom. The highest BCUT2D eigenvalue weighted by Gasteiger charge is 2.50. The van der Waals surface area contributed by atoms with E-state index in [4.69, 9.17) is 5.11 Å². The van der Waals surface area contributed by atoms with Crippen LogP contribution in [0, 0.1) is 11.3 Å². The van der Waals surface area contributed by atoms with Crippen molar-refractivity contribution in [2.75, 3.05) is 6.54 Å². The van der Waals surface area contributed by atoms with Crippen molar-refractivity contribution in [2.24, 2.45) is 11.3 Å². The summed E-state index contributed by atoms with van der Waals surface area (Å²) in [7, 11) is 0. The second-order valence-electron chi connectivity index (χ2n) is 5.79. The van der Waals surface area contributed by atoms with Gasteiger partial charge in [-0.1, -0.05) is 26.0 Å². The minimum absolute atomic E-state index is 0.111. The second-order valence-corrected chi connectivity index (χ2v) is 5.79. The predicted molar refractivity (Wildman–Crippen MR) is 72.0 cm³/mol. The smallest absolute Gasteiger partial charge is 0.335 e. The van der Waals surface area contributed by atoms with Gasteiger partial charge in [-0.2, -0.15) is 0 Å². The zero-order valence-electron chi connectivity index (χ0n) is 11.3. The van der Waals surface area contributed by atoms with Crippen LogP contribution in [0.25, 0.3) is 0 Å². The van der Waals surface area contributed by atoms with Crippen LogP contribution in [0.4, 0.5) is 0 Å². The van der Waals surface area contributed by atoms with Crippen molar-refractivity contribution in [1.29, 1.82) is 0 Å². The maximum atomic E-state index is 11.8. The third kappa shape index (κ3) is 3.34. The summed E-state index contributed by atoms with van der Waals surface area (Å²) in [5.41, 5.74) is 1.36. The molecule has 2 rings (SSSR count). The van der Waals surface area contributed by atoms with Gasteiger partial charge in [-0.15, -0.1) is 0 Å². The first-order valence-electron chi connectivity index (χ1n) is 6.50. The van der Waals surface area contributed by atoms with Gasteiger partial charge >= 0.3 is 5.97 Å². The van der Waals surface area contributed by atoms with Crippen LogP contribution in [0.2, 0.25) is 0 Å². The molecule has 1 aromatic rings. The average Bonchev–Trinajstić information content (AvgIpc) is 2.99. The third-order valence-electron chi connectivity index (χ3n) is 3.72. The molecule has 0 aromatic heterocycles. The van der Waals surface area contributed by atoms with Gasteiger partial charge in [0.1, 0.15) is 0 Å². The molecule has 0 radical (unpaired) electrons. The van der Waals surface area contributed by atoms with E-state index in [1.807, 2.05) is 6.07 Å². The van der Waals surface area contributed by atoms with Crippen LogP contribution in [0.5, 0.6) is 0 Å². The van der Waals surface area contributed by atoms with E-state index in [9.17, 15) is 9.59 Å². The Labute approximate surface area is 112 Å². The lowest BCUT2D eigenvalue weighted by Gasteiger charge is -2.07. The lowest BCUT2D eigenvalue weighted by molar-refractivity contribution is -0.122. The maximum absolute atomic E-state index is 11.8. The lowest BCUT2D eigenvalue weighted by Crippen LogP contribution is -2.28. The summed E-state index contributed by atoms with van der Waals surface area (Å²) in [6.07, 6.45) is 1.60. The molecule has 0 heterocycles. The van der Waals surface area contributed by atoms with Crippen LogP contribution < -0.4 is 5.32 Å². The molecule has 1 atom stereocenters. The molecule has 1 aromatic carbocycles. The number of benzene rings is 1. The topological polar surface area (TPSA) is 66.4 Å². The molecule has 0 spiro atoms.